The van der Waals surface area contributed by atoms with Crippen LogP contribution >= 0.6 is 0 Å². The van der Waals surface area contributed by atoms with Crippen molar-refractivity contribution < 1.29 is 0 Å². The van der Waals surface area contributed by atoms with Crippen molar-refractivity contribution in [3.63, 3.8) is 0 Å². The molecule has 11 heavy (non-hydrogen) atoms. The van der Waals surface area contributed by atoms with E-state index in [1.807, 2.05) is 25.1 Å². The van der Waals surface area contributed by atoms with E-state index in [-0.39, 0.29) is 59.1 Å². The van der Waals surface area contributed by atoms with Crippen molar-refractivity contribution in [3.8, 4) is 0 Å². The third kappa shape index (κ3) is 5.24. The Morgan fingerprint density at radius 2 is 1.55 bits per heavy atom. The van der Waals surface area contributed by atoms with Crippen LogP contribution < -0.4 is 0 Å². The minimum atomic E-state index is 0. The van der Waals surface area contributed by atoms with Gasteiger partial charge in [-0.25, -0.2) is 0 Å². The molecule has 0 aliphatic carbocycles. The van der Waals surface area contributed by atoms with E-state index in [1.54, 1.807) is 0 Å². The van der Waals surface area contributed by atoms with E-state index in [0.29, 0.717) is 0 Å². The fourth-order valence-corrected chi connectivity index (χ4v) is 0.723. The molecule has 0 aliphatic rings. The number of allylic oxidation sites excluding steroid dienone is 1. The Labute approximate surface area is 113 Å². The molecule has 0 N–H and O–H groups in total. The summed E-state index contributed by atoms with van der Waals surface area (Å²) in [4.78, 5) is 0. The number of hydrogen-bond acceptors (Lipinski definition) is 0. The van der Waals surface area contributed by atoms with Gasteiger partial charge in [-0.05, 0) is 12.5 Å². The van der Waals surface area contributed by atoms with Crippen LogP contribution in [0, 0.1) is 0 Å². The molecule has 0 radical (unpaired) electrons. The summed E-state index contributed by atoms with van der Waals surface area (Å²) in [6.45, 7) is 5.83. The summed E-state index contributed by atoms with van der Waals surface area (Å²) in [6.07, 6.45) is 0. The van der Waals surface area contributed by atoms with Crippen LogP contribution in [-0.4, -0.2) is 59.1 Å². The summed E-state index contributed by atoms with van der Waals surface area (Å²) >= 11 is 0. The summed E-state index contributed by atoms with van der Waals surface area (Å²) in [5.41, 5.74) is 2.34. The summed E-state index contributed by atoms with van der Waals surface area (Å²) in [7, 11) is 0. The zero-order valence-corrected chi connectivity index (χ0v) is 5.59. The fraction of sp³-hybridized carbons (Fsp3) is 0.111. The molecule has 0 heterocycles. The van der Waals surface area contributed by atoms with Gasteiger partial charge in [0.15, 0.2) is 0 Å². The van der Waals surface area contributed by atoms with Gasteiger partial charge in [0.1, 0.15) is 0 Å². The molecule has 0 fully saturated rings. The Morgan fingerprint density at radius 3 is 1.82 bits per heavy atom. The molecule has 0 spiro atoms. The zero-order chi connectivity index (χ0) is 6.69. The predicted octanol–water partition coefficient (Wildman–Crippen LogP) is 1.42. The van der Waals surface area contributed by atoms with E-state index in [9.17, 15) is 0 Å². The van der Waals surface area contributed by atoms with Gasteiger partial charge in [0, 0.05) is 0 Å². The first kappa shape index (κ1) is 14.5. The second-order valence-electron chi connectivity index (χ2n) is 2.15. The maximum atomic E-state index is 3.83. The SMILES string of the molecule is C=C(C)c1ccccc1.[NaH].[NaH]. The standard InChI is InChI=1S/C9H10.2Na.2H/c1-8(2)9-6-4-3-5-7-9;;;;/h3-7H,1H2,2H3;;;;. The Balaban J connectivity index is 0. The van der Waals surface area contributed by atoms with Crippen LogP contribution in [0.3, 0.4) is 0 Å². The van der Waals surface area contributed by atoms with Crippen LogP contribution in [0.1, 0.15) is 12.5 Å². The van der Waals surface area contributed by atoms with Gasteiger partial charge in [-0.15, -0.1) is 0 Å². The third-order valence-electron chi connectivity index (χ3n) is 1.27. The molecular weight excluding hydrogens is 154 g/mol. The Hall–Kier alpha value is 0.960. The molecule has 1 aromatic carbocycles. The van der Waals surface area contributed by atoms with Crippen molar-refractivity contribution in [1.82, 2.24) is 0 Å². The van der Waals surface area contributed by atoms with E-state index in [1.165, 1.54) is 5.56 Å². The van der Waals surface area contributed by atoms with Crippen molar-refractivity contribution in [1.29, 1.82) is 0 Å². The summed E-state index contributed by atoms with van der Waals surface area (Å²) in [5.74, 6) is 0. The molecule has 0 saturated heterocycles. The number of hydrogen-bond donors (Lipinski definition) is 0. The molecule has 50 valence electrons. The summed E-state index contributed by atoms with van der Waals surface area (Å²) < 4.78 is 0. The van der Waals surface area contributed by atoms with Gasteiger partial charge in [0.2, 0.25) is 0 Å². The Morgan fingerprint density at radius 1 is 1.09 bits per heavy atom. The van der Waals surface area contributed by atoms with Gasteiger partial charge in [0.25, 0.3) is 0 Å². The summed E-state index contributed by atoms with van der Waals surface area (Å²) in [6, 6.07) is 10.2. The van der Waals surface area contributed by atoms with Crippen LogP contribution in [0.25, 0.3) is 5.57 Å². The van der Waals surface area contributed by atoms with Crippen LogP contribution in [0.2, 0.25) is 0 Å². The first-order valence-electron chi connectivity index (χ1n) is 3.01. The van der Waals surface area contributed by atoms with E-state index < -0.39 is 0 Å². The number of rotatable bonds is 1. The van der Waals surface area contributed by atoms with Gasteiger partial charge in [-0.1, -0.05) is 42.5 Å². The molecule has 1 rings (SSSR count). The van der Waals surface area contributed by atoms with Crippen LogP contribution in [-0.2, 0) is 0 Å². The van der Waals surface area contributed by atoms with Crippen molar-refractivity contribution in [2.24, 2.45) is 0 Å². The quantitative estimate of drug-likeness (QED) is 0.553. The van der Waals surface area contributed by atoms with E-state index in [0.717, 1.165) is 5.57 Å². The molecule has 0 saturated carbocycles. The molecule has 0 nitrogen and oxygen atoms in total. The monoisotopic (exact) mass is 166 g/mol. The van der Waals surface area contributed by atoms with Crippen molar-refractivity contribution in [3.05, 3.63) is 42.5 Å². The first-order chi connectivity index (χ1) is 4.30. The van der Waals surface area contributed by atoms with Gasteiger partial charge in [-0.2, -0.15) is 0 Å². The Bertz CT molecular complexity index is 204. The molecule has 0 atom stereocenters. The third-order valence-corrected chi connectivity index (χ3v) is 1.27. The first-order valence-corrected chi connectivity index (χ1v) is 3.01. The molecule has 0 bridgehead atoms. The maximum absolute atomic E-state index is 3.83. The van der Waals surface area contributed by atoms with Crippen molar-refractivity contribution in [2.45, 2.75) is 6.92 Å². The normalized spacial score (nSPS) is 7.36. The van der Waals surface area contributed by atoms with Gasteiger partial charge < -0.3 is 0 Å². The molecule has 2 heteroatoms. The molecular formula is C9H12Na2. The van der Waals surface area contributed by atoms with E-state index >= 15 is 0 Å². The molecule has 1 aromatic rings. The van der Waals surface area contributed by atoms with E-state index in [2.05, 4.69) is 18.7 Å². The van der Waals surface area contributed by atoms with Gasteiger partial charge >= 0.3 is 59.1 Å². The second-order valence-corrected chi connectivity index (χ2v) is 2.15. The number of benzene rings is 1. The van der Waals surface area contributed by atoms with Gasteiger partial charge in [-0.3, -0.25) is 0 Å². The van der Waals surface area contributed by atoms with Crippen LogP contribution in [0.15, 0.2) is 36.9 Å². The molecule has 0 aliphatic heterocycles. The minimum absolute atomic E-state index is 0. The average molecular weight is 166 g/mol. The van der Waals surface area contributed by atoms with Gasteiger partial charge in [0.05, 0.1) is 0 Å². The van der Waals surface area contributed by atoms with E-state index in [4.69, 9.17) is 0 Å². The second kappa shape index (κ2) is 7.60. The topological polar surface area (TPSA) is 0 Å². The average Bonchev–Trinajstić information content (AvgIpc) is 1.90. The Kier molecular flexibility index (Phi) is 10.0. The van der Waals surface area contributed by atoms with Crippen LogP contribution in [0.4, 0.5) is 0 Å². The fourth-order valence-electron chi connectivity index (χ4n) is 0.723. The summed E-state index contributed by atoms with van der Waals surface area (Å²) in [5, 5.41) is 0. The molecule has 0 aromatic heterocycles. The van der Waals surface area contributed by atoms with Crippen molar-refractivity contribution >= 4 is 64.7 Å². The molecule has 0 amide bonds. The van der Waals surface area contributed by atoms with Crippen molar-refractivity contribution in [2.75, 3.05) is 0 Å². The predicted molar refractivity (Wildman–Crippen MR) is 55.4 cm³/mol. The van der Waals surface area contributed by atoms with Crippen LogP contribution in [0.5, 0.6) is 0 Å². The molecule has 0 unspecified atom stereocenters. The zero-order valence-electron chi connectivity index (χ0n) is 5.59.